The Bertz CT molecular complexity index is 1690. The fraction of sp³-hybridized carbons (Fsp3) is 0.300. The zero-order valence-corrected chi connectivity index (χ0v) is 22.4. The number of rotatable bonds is 5. The maximum Gasteiger partial charge on any atom is 0.419 e. The molecule has 1 aliphatic heterocycles. The van der Waals surface area contributed by atoms with E-state index >= 15 is 4.39 Å². The van der Waals surface area contributed by atoms with Crippen LogP contribution in [0.4, 0.5) is 23.5 Å². The highest BCUT2D eigenvalue weighted by molar-refractivity contribution is 5.97. The van der Waals surface area contributed by atoms with Crippen molar-refractivity contribution in [3.05, 3.63) is 88.3 Å². The van der Waals surface area contributed by atoms with Crippen molar-refractivity contribution in [1.82, 2.24) is 24.7 Å². The van der Waals surface area contributed by atoms with E-state index in [2.05, 4.69) is 40.9 Å². The number of H-pyrrole nitrogens is 1. The van der Waals surface area contributed by atoms with Crippen molar-refractivity contribution >= 4 is 16.9 Å². The molecule has 1 aliphatic rings. The van der Waals surface area contributed by atoms with Gasteiger partial charge in [0.2, 0.25) is 5.95 Å². The normalized spacial score (nSPS) is 13.7. The van der Waals surface area contributed by atoms with Crippen molar-refractivity contribution in [1.29, 1.82) is 0 Å². The number of nitrogens with zero attached hydrogens (tertiary/aromatic N) is 5. The summed E-state index contributed by atoms with van der Waals surface area (Å²) in [7, 11) is 0. The lowest BCUT2D eigenvalue weighted by molar-refractivity contribution is -0.138. The Morgan fingerprint density at radius 1 is 1.02 bits per heavy atom. The number of fused-ring (bicyclic) bond motifs is 2. The quantitative estimate of drug-likeness (QED) is 0.241. The Morgan fingerprint density at radius 3 is 2.38 bits per heavy atom. The molecule has 0 fully saturated rings. The third-order valence-corrected chi connectivity index (χ3v) is 7.76. The number of para-hydroxylation sites is 1. The second kappa shape index (κ2) is 9.76. The first-order chi connectivity index (χ1) is 19.2. The van der Waals surface area contributed by atoms with Crippen LogP contribution in [0.25, 0.3) is 27.8 Å². The van der Waals surface area contributed by atoms with Gasteiger partial charge in [0.1, 0.15) is 5.82 Å². The Balaban J connectivity index is 1.57. The van der Waals surface area contributed by atoms with Crippen molar-refractivity contribution in [3.63, 3.8) is 0 Å². The first-order valence-electron chi connectivity index (χ1n) is 13.3. The highest BCUT2D eigenvalue weighted by Crippen LogP contribution is 2.40. The van der Waals surface area contributed by atoms with Gasteiger partial charge in [0.25, 0.3) is 0 Å². The second-order valence-electron chi connectivity index (χ2n) is 10.1. The molecule has 0 bridgehead atoms. The van der Waals surface area contributed by atoms with E-state index in [0.717, 1.165) is 69.9 Å². The predicted octanol–water partition coefficient (Wildman–Crippen LogP) is 6.96. The summed E-state index contributed by atoms with van der Waals surface area (Å²) in [6, 6.07) is 9.72. The zero-order chi connectivity index (χ0) is 28.2. The lowest BCUT2D eigenvalue weighted by Crippen LogP contribution is -2.31. The standard InChI is InChI=1S/C30H28F4N6/c1-4-18-7-6-8-19(5-2)27(18)40-28(22-13-24(31)17(3)26-21(22)9-11-35-26)23-16-39(12-10-25(23)38-40)29-36-14-20(15-37-29)30(32,33)34/h6-9,11,13-15,35H,4-5,10,12,16H2,1-3H3. The average molecular weight is 549 g/mol. The smallest absolute Gasteiger partial charge is 0.361 e. The summed E-state index contributed by atoms with van der Waals surface area (Å²) < 4.78 is 56.6. The number of halogens is 4. The first kappa shape index (κ1) is 26.0. The fourth-order valence-electron chi connectivity index (χ4n) is 5.63. The van der Waals surface area contributed by atoms with Crippen molar-refractivity contribution in [2.75, 3.05) is 11.4 Å². The summed E-state index contributed by atoms with van der Waals surface area (Å²) in [5.74, 6) is -0.118. The molecule has 1 N–H and O–H groups in total. The van der Waals surface area contributed by atoms with Crippen molar-refractivity contribution < 1.29 is 17.6 Å². The van der Waals surface area contributed by atoms with Gasteiger partial charge in [-0.3, -0.25) is 0 Å². The molecule has 0 amide bonds. The number of alkyl halides is 3. The van der Waals surface area contributed by atoms with Gasteiger partial charge in [-0.25, -0.2) is 19.0 Å². The van der Waals surface area contributed by atoms with Crippen molar-refractivity contribution in [3.8, 4) is 16.9 Å². The Hall–Kier alpha value is -4.21. The monoisotopic (exact) mass is 548 g/mol. The van der Waals surface area contributed by atoms with Crippen LogP contribution in [0, 0.1) is 12.7 Å². The number of anilines is 1. The topological polar surface area (TPSA) is 62.6 Å². The molecule has 0 unspecified atom stereocenters. The van der Waals surface area contributed by atoms with Gasteiger partial charge < -0.3 is 9.88 Å². The third-order valence-electron chi connectivity index (χ3n) is 7.76. The summed E-state index contributed by atoms with van der Waals surface area (Å²) in [5.41, 5.74) is 6.82. The average Bonchev–Trinajstić information content (AvgIpc) is 3.59. The molecule has 0 atom stereocenters. The van der Waals surface area contributed by atoms with Gasteiger partial charge in [-0.05, 0) is 43.0 Å². The van der Waals surface area contributed by atoms with E-state index in [4.69, 9.17) is 5.10 Å². The summed E-state index contributed by atoms with van der Waals surface area (Å²) in [5, 5.41) is 5.97. The number of aromatic nitrogens is 5. The molecule has 206 valence electrons. The largest absolute Gasteiger partial charge is 0.419 e. The van der Waals surface area contributed by atoms with Crippen LogP contribution in [0.3, 0.4) is 0 Å². The van der Waals surface area contributed by atoms with E-state index in [9.17, 15) is 13.2 Å². The molecular weight excluding hydrogens is 520 g/mol. The molecule has 2 aromatic carbocycles. The van der Waals surface area contributed by atoms with E-state index < -0.39 is 11.7 Å². The van der Waals surface area contributed by atoms with E-state index in [1.807, 2.05) is 21.7 Å². The lowest BCUT2D eigenvalue weighted by atomic mass is 9.96. The number of benzene rings is 2. The number of hydrogen-bond donors (Lipinski definition) is 1. The minimum Gasteiger partial charge on any atom is -0.361 e. The maximum absolute atomic E-state index is 15.3. The van der Waals surface area contributed by atoms with Crippen LogP contribution < -0.4 is 4.90 Å². The molecule has 0 aliphatic carbocycles. The van der Waals surface area contributed by atoms with Crippen LogP contribution >= 0.6 is 0 Å². The van der Waals surface area contributed by atoms with Crippen LogP contribution in [0.5, 0.6) is 0 Å². The van der Waals surface area contributed by atoms with Gasteiger partial charge in [0, 0.05) is 60.2 Å². The van der Waals surface area contributed by atoms with E-state index in [1.165, 1.54) is 0 Å². The molecule has 0 saturated heterocycles. The molecule has 6 rings (SSSR count). The van der Waals surface area contributed by atoms with Crippen molar-refractivity contribution in [2.45, 2.75) is 52.8 Å². The minimum absolute atomic E-state index is 0.211. The maximum atomic E-state index is 15.3. The van der Waals surface area contributed by atoms with E-state index in [-0.39, 0.29) is 11.8 Å². The fourth-order valence-corrected chi connectivity index (χ4v) is 5.63. The molecule has 40 heavy (non-hydrogen) atoms. The van der Waals surface area contributed by atoms with Gasteiger partial charge in [-0.15, -0.1) is 0 Å². The van der Waals surface area contributed by atoms with Gasteiger partial charge in [0.05, 0.1) is 28.2 Å². The molecule has 10 heteroatoms. The van der Waals surface area contributed by atoms with Crippen LogP contribution in [0.1, 0.15) is 47.4 Å². The molecule has 0 spiro atoms. The van der Waals surface area contributed by atoms with E-state index in [0.29, 0.717) is 30.6 Å². The summed E-state index contributed by atoms with van der Waals surface area (Å²) in [4.78, 5) is 13.1. The van der Waals surface area contributed by atoms with Crippen molar-refractivity contribution in [2.24, 2.45) is 0 Å². The summed E-state index contributed by atoms with van der Waals surface area (Å²) >= 11 is 0. The highest BCUT2D eigenvalue weighted by Gasteiger charge is 2.33. The molecule has 4 heterocycles. The molecule has 6 nitrogen and oxygen atoms in total. The Labute approximate surface area is 228 Å². The van der Waals surface area contributed by atoms with Crippen LogP contribution in [-0.4, -0.2) is 31.3 Å². The Morgan fingerprint density at radius 2 is 1.73 bits per heavy atom. The predicted molar refractivity (Wildman–Crippen MR) is 146 cm³/mol. The number of aryl methyl sites for hydroxylation is 3. The lowest BCUT2D eigenvalue weighted by Gasteiger charge is -2.27. The number of aromatic amines is 1. The van der Waals surface area contributed by atoms with Crippen LogP contribution in [0.2, 0.25) is 0 Å². The van der Waals surface area contributed by atoms with Crippen LogP contribution in [-0.2, 0) is 32.0 Å². The van der Waals surface area contributed by atoms with Gasteiger partial charge in [-0.1, -0.05) is 32.0 Å². The van der Waals surface area contributed by atoms with Gasteiger partial charge >= 0.3 is 6.18 Å². The SMILES string of the molecule is CCc1cccc(CC)c1-n1nc2c(c1-c1cc(F)c(C)c3[nH]ccc13)CN(c1ncc(C(F)(F)F)cn1)CC2. The summed E-state index contributed by atoms with van der Waals surface area (Å²) in [6.07, 6.45) is 1.04. The molecule has 0 radical (unpaired) electrons. The number of nitrogens with one attached hydrogen (secondary N) is 1. The minimum atomic E-state index is -4.51. The Kier molecular flexibility index (Phi) is 6.35. The zero-order valence-electron chi connectivity index (χ0n) is 22.4. The van der Waals surface area contributed by atoms with E-state index in [1.54, 1.807) is 19.2 Å². The van der Waals surface area contributed by atoms with Gasteiger partial charge in [-0.2, -0.15) is 18.3 Å². The third kappa shape index (κ3) is 4.22. The number of hydrogen-bond acceptors (Lipinski definition) is 4. The van der Waals surface area contributed by atoms with Crippen LogP contribution in [0.15, 0.2) is 48.9 Å². The molecule has 3 aromatic heterocycles. The molecule has 5 aromatic rings. The molecule has 0 saturated carbocycles. The summed E-state index contributed by atoms with van der Waals surface area (Å²) in [6.45, 7) is 6.76. The van der Waals surface area contributed by atoms with Gasteiger partial charge in [0.15, 0.2) is 0 Å². The first-order valence-corrected chi connectivity index (χ1v) is 13.3. The molecular formula is C30H28F4N6. The second-order valence-corrected chi connectivity index (χ2v) is 10.1. The highest BCUT2D eigenvalue weighted by atomic mass is 19.4.